The highest BCUT2D eigenvalue weighted by Gasteiger charge is 2.11. The van der Waals surface area contributed by atoms with Gasteiger partial charge in [-0.05, 0) is 23.8 Å². The number of amides is 1. The van der Waals surface area contributed by atoms with E-state index < -0.39 is 6.61 Å². The fraction of sp³-hybridized carbons (Fsp3) is 0.111. The summed E-state index contributed by atoms with van der Waals surface area (Å²) < 4.78 is 28.8. The number of nitrogens with zero attached hydrogens (tertiary/aromatic N) is 1. The zero-order valence-electron chi connectivity index (χ0n) is 13.1. The number of alkyl halides is 2. The molecule has 3 rings (SSSR count). The Kier molecular flexibility index (Phi) is 5.03. The first-order valence-corrected chi connectivity index (χ1v) is 7.54. The van der Waals surface area contributed by atoms with Crippen molar-refractivity contribution in [3.63, 3.8) is 0 Å². The van der Waals surface area contributed by atoms with Crippen LogP contribution in [0.3, 0.4) is 0 Å². The van der Waals surface area contributed by atoms with Crippen molar-refractivity contribution in [1.29, 1.82) is 0 Å². The lowest BCUT2D eigenvalue weighted by Gasteiger charge is -2.07. The van der Waals surface area contributed by atoms with Crippen molar-refractivity contribution in [1.82, 2.24) is 15.5 Å². The number of carbonyl (C=O) groups is 1. The molecule has 25 heavy (non-hydrogen) atoms. The molecule has 5 nitrogen and oxygen atoms in total. The topological polar surface area (TPSA) is 67.0 Å². The molecule has 0 bridgehead atoms. The highest BCUT2D eigenvalue weighted by molar-refractivity contribution is 5.93. The first-order chi connectivity index (χ1) is 12.1. The van der Waals surface area contributed by atoms with E-state index in [1.54, 1.807) is 18.2 Å². The van der Waals surface area contributed by atoms with E-state index in [9.17, 15) is 13.6 Å². The summed E-state index contributed by atoms with van der Waals surface area (Å²) in [6.07, 6.45) is 0. The minimum absolute atomic E-state index is 0.0506. The van der Waals surface area contributed by atoms with Gasteiger partial charge in [-0.25, -0.2) is 0 Å². The van der Waals surface area contributed by atoms with E-state index in [0.29, 0.717) is 17.0 Å². The van der Waals surface area contributed by atoms with Crippen molar-refractivity contribution < 1.29 is 18.3 Å². The van der Waals surface area contributed by atoms with Gasteiger partial charge in [0.2, 0.25) is 0 Å². The summed E-state index contributed by atoms with van der Waals surface area (Å²) in [6, 6.07) is 17.3. The van der Waals surface area contributed by atoms with Crippen LogP contribution in [0, 0.1) is 0 Å². The number of rotatable bonds is 6. The Morgan fingerprint density at radius 1 is 1.12 bits per heavy atom. The molecule has 128 valence electrons. The molecule has 3 aromatic rings. The quantitative estimate of drug-likeness (QED) is 0.718. The van der Waals surface area contributed by atoms with Crippen LogP contribution in [0.25, 0.3) is 11.3 Å². The summed E-state index contributed by atoms with van der Waals surface area (Å²) in [5.74, 6) is -0.287. The Labute approximate surface area is 142 Å². The van der Waals surface area contributed by atoms with Gasteiger partial charge in [-0.15, -0.1) is 0 Å². The Morgan fingerprint density at radius 2 is 1.92 bits per heavy atom. The molecule has 0 radical (unpaired) electrons. The van der Waals surface area contributed by atoms with E-state index in [1.165, 1.54) is 12.1 Å². The number of ether oxygens (including phenoxy) is 1. The summed E-state index contributed by atoms with van der Waals surface area (Å²) in [4.78, 5) is 12.2. The first-order valence-electron chi connectivity index (χ1n) is 7.54. The maximum Gasteiger partial charge on any atom is 0.387 e. The van der Waals surface area contributed by atoms with Crippen LogP contribution >= 0.6 is 0 Å². The molecule has 0 aliphatic heterocycles. The zero-order valence-corrected chi connectivity index (χ0v) is 13.1. The zero-order chi connectivity index (χ0) is 17.6. The number of aromatic nitrogens is 2. The van der Waals surface area contributed by atoms with Gasteiger partial charge in [-0.2, -0.15) is 13.9 Å². The molecular weight excluding hydrogens is 328 g/mol. The van der Waals surface area contributed by atoms with E-state index in [-0.39, 0.29) is 18.2 Å². The molecule has 0 unspecified atom stereocenters. The number of halogens is 2. The van der Waals surface area contributed by atoms with Crippen molar-refractivity contribution in [2.24, 2.45) is 0 Å². The standard InChI is InChI=1S/C18H15F2N3O2/c19-18(20)25-14-8-4-5-12(9-14)11-21-17(24)16-10-15(22-23-16)13-6-2-1-3-7-13/h1-10,18H,11H2,(H,21,24)(H,22,23). The van der Waals surface area contributed by atoms with E-state index in [2.05, 4.69) is 20.3 Å². The van der Waals surface area contributed by atoms with Crippen molar-refractivity contribution in [2.45, 2.75) is 13.2 Å². The van der Waals surface area contributed by atoms with Crippen molar-refractivity contribution in [3.8, 4) is 17.0 Å². The Morgan fingerprint density at radius 3 is 2.68 bits per heavy atom. The molecule has 1 heterocycles. The van der Waals surface area contributed by atoms with Crippen LogP contribution in [0.15, 0.2) is 60.7 Å². The van der Waals surface area contributed by atoms with Crippen LogP contribution < -0.4 is 10.1 Å². The summed E-state index contributed by atoms with van der Waals surface area (Å²) in [5, 5.41) is 9.52. The molecule has 0 atom stereocenters. The number of hydrogen-bond acceptors (Lipinski definition) is 3. The summed E-state index contributed by atoms with van der Waals surface area (Å²) in [6.45, 7) is -2.70. The maximum atomic E-state index is 12.2. The molecular formula is C18H15F2N3O2. The first kappa shape index (κ1) is 16.6. The highest BCUT2D eigenvalue weighted by atomic mass is 19.3. The van der Waals surface area contributed by atoms with Gasteiger partial charge in [0.05, 0.1) is 5.69 Å². The van der Waals surface area contributed by atoms with Gasteiger partial charge in [-0.3, -0.25) is 9.89 Å². The average Bonchev–Trinajstić information content (AvgIpc) is 3.10. The summed E-state index contributed by atoms with van der Waals surface area (Å²) >= 11 is 0. The summed E-state index contributed by atoms with van der Waals surface area (Å²) in [7, 11) is 0. The molecule has 2 aromatic carbocycles. The maximum absolute atomic E-state index is 12.2. The molecule has 1 aromatic heterocycles. The third kappa shape index (κ3) is 4.41. The second kappa shape index (κ2) is 7.57. The SMILES string of the molecule is O=C(NCc1cccc(OC(F)F)c1)c1cc(-c2ccccc2)n[nH]1. The number of aromatic amines is 1. The van der Waals surface area contributed by atoms with Crippen LogP contribution in [-0.4, -0.2) is 22.7 Å². The van der Waals surface area contributed by atoms with E-state index in [4.69, 9.17) is 0 Å². The van der Waals surface area contributed by atoms with Crippen LogP contribution in [0.1, 0.15) is 16.1 Å². The predicted molar refractivity (Wildman–Crippen MR) is 88.3 cm³/mol. The monoisotopic (exact) mass is 343 g/mol. The second-order valence-corrected chi connectivity index (χ2v) is 5.24. The van der Waals surface area contributed by atoms with E-state index in [0.717, 1.165) is 5.56 Å². The third-order valence-electron chi connectivity index (χ3n) is 3.47. The predicted octanol–water partition coefficient (Wildman–Crippen LogP) is 3.61. The van der Waals surface area contributed by atoms with Gasteiger partial charge in [-0.1, -0.05) is 42.5 Å². The number of benzene rings is 2. The fourth-order valence-corrected chi connectivity index (χ4v) is 2.30. The number of H-pyrrole nitrogens is 1. The molecule has 0 saturated carbocycles. The Hall–Kier alpha value is -3.22. The van der Waals surface area contributed by atoms with Gasteiger partial charge in [0.25, 0.3) is 5.91 Å². The molecule has 0 saturated heterocycles. The molecule has 1 amide bonds. The summed E-state index contributed by atoms with van der Waals surface area (Å²) in [5.41, 5.74) is 2.53. The smallest absolute Gasteiger partial charge is 0.387 e. The van der Waals surface area contributed by atoms with E-state index >= 15 is 0 Å². The Bertz CT molecular complexity index is 850. The van der Waals surface area contributed by atoms with Gasteiger partial charge in [0.15, 0.2) is 0 Å². The lowest BCUT2D eigenvalue weighted by atomic mass is 10.1. The van der Waals surface area contributed by atoms with Gasteiger partial charge in [0.1, 0.15) is 11.4 Å². The van der Waals surface area contributed by atoms with Crippen LogP contribution in [0.5, 0.6) is 5.75 Å². The molecule has 0 aliphatic rings. The van der Waals surface area contributed by atoms with E-state index in [1.807, 2.05) is 30.3 Å². The molecule has 2 N–H and O–H groups in total. The van der Waals surface area contributed by atoms with Crippen molar-refractivity contribution in [3.05, 3.63) is 71.9 Å². The Balaban J connectivity index is 1.62. The van der Waals surface area contributed by atoms with Crippen LogP contribution in [0.4, 0.5) is 8.78 Å². The minimum atomic E-state index is -2.88. The second-order valence-electron chi connectivity index (χ2n) is 5.24. The van der Waals surface area contributed by atoms with Crippen LogP contribution in [-0.2, 0) is 6.54 Å². The van der Waals surface area contributed by atoms with Crippen molar-refractivity contribution in [2.75, 3.05) is 0 Å². The minimum Gasteiger partial charge on any atom is -0.435 e. The average molecular weight is 343 g/mol. The third-order valence-corrected chi connectivity index (χ3v) is 3.47. The molecule has 7 heteroatoms. The lowest BCUT2D eigenvalue weighted by Crippen LogP contribution is -2.23. The number of carbonyl (C=O) groups excluding carboxylic acids is 1. The molecule has 0 aliphatic carbocycles. The highest BCUT2D eigenvalue weighted by Crippen LogP contribution is 2.18. The van der Waals surface area contributed by atoms with Gasteiger partial charge < -0.3 is 10.1 Å². The number of hydrogen-bond donors (Lipinski definition) is 2. The lowest BCUT2D eigenvalue weighted by molar-refractivity contribution is -0.0498. The van der Waals surface area contributed by atoms with Gasteiger partial charge in [0, 0.05) is 12.1 Å². The van der Waals surface area contributed by atoms with Crippen molar-refractivity contribution >= 4 is 5.91 Å². The molecule has 0 fully saturated rings. The van der Waals surface area contributed by atoms with Gasteiger partial charge >= 0.3 is 6.61 Å². The normalized spacial score (nSPS) is 10.7. The van der Waals surface area contributed by atoms with Crippen LogP contribution in [0.2, 0.25) is 0 Å². The fourth-order valence-electron chi connectivity index (χ4n) is 2.30. The number of nitrogens with one attached hydrogen (secondary N) is 2. The molecule has 0 spiro atoms. The largest absolute Gasteiger partial charge is 0.435 e.